The molecule has 6 heteroatoms. The Morgan fingerprint density at radius 3 is 2.53 bits per heavy atom. The van der Waals surface area contributed by atoms with Gasteiger partial charge in [0.05, 0.1) is 6.54 Å². The molecule has 0 bridgehead atoms. The molecule has 0 spiro atoms. The molecule has 2 rings (SSSR count). The molecule has 108 valence electrons. The van der Waals surface area contributed by atoms with Crippen molar-refractivity contribution in [2.75, 3.05) is 32.7 Å². The number of carbonyl (C=O) groups excluding carboxylic acids is 2. The van der Waals surface area contributed by atoms with Crippen LogP contribution in [0.5, 0.6) is 0 Å². The summed E-state index contributed by atoms with van der Waals surface area (Å²) in [6, 6.07) is 0.0254. The van der Waals surface area contributed by atoms with E-state index in [0.717, 1.165) is 19.5 Å². The number of carbonyl (C=O) groups is 2. The number of hydrogen-bond acceptors (Lipinski definition) is 4. The average Bonchev–Trinajstić information content (AvgIpc) is 3.15. The summed E-state index contributed by atoms with van der Waals surface area (Å²) >= 11 is 0. The standard InChI is InChI=1S/C13H24N4O2/c14-11(10-2-3-10)8-13(19)17-5-1-4-16(6-7-17)9-12(15)18/h10-11H,1-9,14H2,(H2,15,18). The van der Waals surface area contributed by atoms with E-state index in [-0.39, 0.29) is 24.4 Å². The second-order valence-electron chi connectivity index (χ2n) is 5.68. The van der Waals surface area contributed by atoms with Gasteiger partial charge < -0.3 is 16.4 Å². The van der Waals surface area contributed by atoms with Crippen LogP contribution in [-0.2, 0) is 9.59 Å². The van der Waals surface area contributed by atoms with E-state index in [0.29, 0.717) is 25.4 Å². The van der Waals surface area contributed by atoms with Crippen molar-refractivity contribution >= 4 is 11.8 Å². The van der Waals surface area contributed by atoms with E-state index in [2.05, 4.69) is 0 Å². The number of primary amides is 1. The van der Waals surface area contributed by atoms with Crippen molar-refractivity contribution in [1.82, 2.24) is 9.80 Å². The monoisotopic (exact) mass is 268 g/mol. The van der Waals surface area contributed by atoms with Gasteiger partial charge in [-0.15, -0.1) is 0 Å². The van der Waals surface area contributed by atoms with Gasteiger partial charge in [-0.05, 0) is 25.2 Å². The predicted molar refractivity (Wildman–Crippen MR) is 72.1 cm³/mol. The van der Waals surface area contributed by atoms with Gasteiger partial charge in [0.1, 0.15) is 0 Å². The molecule has 0 aromatic carbocycles. The molecular formula is C13H24N4O2. The molecule has 0 aromatic rings. The van der Waals surface area contributed by atoms with Crippen LogP contribution < -0.4 is 11.5 Å². The number of rotatable bonds is 5. The van der Waals surface area contributed by atoms with Gasteiger partial charge in [0.2, 0.25) is 11.8 Å². The zero-order valence-electron chi connectivity index (χ0n) is 11.4. The maximum atomic E-state index is 12.2. The molecule has 1 aliphatic heterocycles. The van der Waals surface area contributed by atoms with E-state index in [1.807, 2.05) is 9.80 Å². The molecule has 0 radical (unpaired) electrons. The highest BCUT2D eigenvalue weighted by Gasteiger charge is 2.31. The van der Waals surface area contributed by atoms with E-state index < -0.39 is 0 Å². The summed E-state index contributed by atoms with van der Waals surface area (Å²) in [5.74, 6) is 0.401. The van der Waals surface area contributed by atoms with Gasteiger partial charge >= 0.3 is 0 Å². The molecule has 4 N–H and O–H groups in total. The molecule has 1 atom stereocenters. The van der Waals surface area contributed by atoms with Crippen LogP contribution >= 0.6 is 0 Å². The quantitative estimate of drug-likeness (QED) is 0.678. The van der Waals surface area contributed by atoms with Gasteiger partial charge in [-0.2, -0.15) is 0 Å². The summed E-state index contributed by atoms with van der Waals surface area (Å²) < 4.78 is 0. The minimum absolute atomic E-state index is 0.0254. The number of hydrogen-bond donors (Lipinski definition) is 2. The lowest BCUT2D eigenvalue weighted by Gasteiger charge is -2.22. The molecule has 2 fully saturated rings. The summed E-state index contributed by atoms with van der Waals surface area (Å²) in [6.45, 7) is 3.24. The van der Waals surface area contributed by atoms with Crippen molar-refractivity contribution in [2.24, 2.45) is 17.4 Å². The molecule has 0 aromatic heterocycles. The Hall–Kier alpha value is -1.14. The summed E-state index contributed by atoms with van der Waals surface area (Å²) in [7, 11) is 0. The molecule has 1 unspecified atom stereocenters. The number of nitrogens with two attached hydrogens (primary N) is 2. The summed E-state index contributed by atoms with van der Waals surface area (Å²) in [5.41, 5.74) is 11.2. The molecule has 2 amide bonds. The zero-order chi connectivity index (χ0) is 13.8. The highest BCUT2D eigenvalue weighted by atomic mass is 16.2. The molecule has 2 aliphatic rings. The third-order valence-electron chi connectivity index (χ3n) is 3.96. The predicted octanol–water partition coefficient (Wildman–Crippen LogP) is -0.867. The Labute approximate surface area is 114 Å². The van der Waals surface area contributed by atoms with Crippen LogP contribution in [0, 0.1) is 5.92 Å². The minimum Gasteiger partial charge on any atom is -0.369 e. The molecule has 1 aliphatic carbocycles. The zero-order valence-corrected chi connectivity index (χ0v) is 11.4. The van der Waals surface area contributed by atoms with Gasteiger partial charge in [0, 0.05) is 38.6 Å². The smallest absolute Gasteiger partial charge is 0.231 e. The largest absolute Gasteiger partial charge is 0.369 e. The minimum atomic E-state index is -0.310. The van der Waals surface area contributed by atoms with Crippen LogP contribution in [0.4, 0.5) is 0 Å². The van der Waals surface area contributed by atoms with Crippen molar-refractivity contribution in [3.63, 3.8) is 0 Å². The van der Waals surface area contributed by atoms with Gasteiger partial charge in [-0.25, -0.2) is 0 Å². The van der Waals surface area contributed by atoms with Crippen LogP contribution in [-0.4, -0.2) is 60.4 Å². The molecule has 6 nitrogen and oxygen atoms in total. The van der Waals surface area contributed by atoms with E-state index in [4.69, 9.17) is 11.5 Å². The van der Waals surface area contributed by atoms with E-state index in [9.17, 15) is 9.59 Å². The number of amides is 2. The summed E-state index contributed by atoms with van der Waals surface area (Å²) in [5, 5.41) is 0. The Morgan fingerprint density at radius 1 is 1.16 bits per heavy atom. The first-order chi connectivity index (χ1) is 9.06. The first-order valence-corrected chi connectivity index (χ1v) is 7.10. The van der Waals surface area contributed by atoms with Crippen LogP contribution in [0.15, 0.2) is 0 Å². The molecule has 1 saturated carbocycles. The lowest BCUT2D eigenvalue weighted by atomic mass is 10.1. The Bertz CT molecular complexity index is 344. The lowest BCUT2D eigenvalue weighted by molar-refractivity contribution is -0.131. The highest BCUT2D eigenvalue weighted by molar-refractivity contribution is 5.77. The molecule has 1 saturated heterocycles. The Balaban J connectivity index is 1.77. The van der Waals surface area contributed by atoms with Crippen molar-refractivity contribution < 1.29 is 9.59 Å². The van der Waals surface area contributed by atoms with E-state index in [1.54, 1.807) is 0 Å². The SMILES string of the molecule is NC(=O)CN1CCCN(C(=O)CC(N)C2CC2)CC1. The Morgan fingerprint density at radius 2 is 1.89 bits per heavy atom. The first kappa shape index (κ1) is 14.3. The third kappa shape index (κ3) is 4.47. The topological polar surface area (TPSA) is 92.7 Å². The van der Waals surface area contributed by atoms with Crippen molar-refractivity contribution in [2.45, 2.75) is 31.7 Å². The second kappa shape index (κ2) is 6.34. The highest BCUT2D eigenvalue weighted by Crippen LogP contribution is 2.33. The third-order valence-corrected chi connectivity index (χ3v) is 3.96. The van der Waals surface area contributed by atoms with E-state index in [1.165, 1.54) is 12.8 Å². The van der Waals surface area contributed by atoms with Gasteiger partial charge in [-0.3, -0.25) is 14.5 Å². The van der Waals surface area contributed by atoms with Crippen LogP contribution in [0.2, 0.25) is 0 Å². The molecule has 1 heterocycles. The maximum absolute atomic E-state index is 12.2. The van der Waals surface area contributed by atoms with Crippen LogP contribution in [0.3, 0.4) is 0 Å². The normalized spacial score (nSPS) is 22.9. The van der Waals surface area contributed by atoms with Crippen molar-refractivity contribution in [3.05, 3.63) is 0 Å². The molecular weight excluding hydrogens is 244 g/mol. The van der Waals surface area contributed by atoms with Crippen LogP contribution in [0.1, 0.15) is 25.7 Å². The fraction of sp³-hybridized carbons (Fsp3) is 0.846. The second-order valence-corrected chi connectivity index (χ2v) is 5.68. The lowest BCUT2D eigenvalue weighted by Crippen LogP contribution is -2.40. The van der Waals surface area contributed by atoms with Crippen LogP contribution in [0.25, 0.3) is 0 Å². The average molecular weight is 268 g/mol. The fourth-order valence-electron chi connectivity index (χ4n) is 2.62. The van der Waals surface area contributed by atoms with Gasteiger partial charge in [0.15, 0.2) is 0 Å². The maximum Gasteiger partial charge on any atom is 0.231 e. The fourth-order valence-corrected chi connectivity index (χ4v) is 2.62. The van der Waals surface area contributed by atoms with E-state index >= 15 is 0 Å². The summed E-state index contributed by atoms with van der Waals surface area (Å²) in [6.07, 6.45) is 3.68. The summed E-state index contributed by atoms with van der Waals surface area (Å²) in [4.78, 5) is 27.0. The Kier molecular flexibility index (Phi) is 4.76. The first-order valence-electron chi connectivity index (χ1n) is 7.10. The van der Waals surface area contributed by atoms with Gasteiger partial charge in [0.25, 0.3) is 0 Å². The van der Waals surface area contributed by atoms with Gasteiger partial charge in [-0.1, -0.05) is 0 Å². The molecule has 19 heavy (non-hydrogen) atoms. The van der Waals surface area contributed by atoms with Crippen molar-refractivity contribution in [1.29, 1.82) is 0 Å². The van der Waals surface area contributed by atoms with Crippen molar-refractivity contribution in [3.8, 4) is 0 Å². The number of nitrogens with zero attached hydrogens (tertiary/aromatic N) is 2.